The minimum absolute atomic E-state index is 0.0407. The highest BCUT2D eigenvalue weighted by Crippen LogP contribution is 2.25. The summed E-state index contributed by atoms with van der Waals surface area (Å²) in [6.07, 6.45) is 0. The van der Waals surface area contributed by atoms with Crippen LogP contribution >= 0.6 is 0 Å². The Morgan fingerprint density at radius 2 is 1.50 bits per heavy atom. The zero-order valence-electron chi connectivity index (χ0n) is 19.7. The van der Waals surface area contributed by atoms with Gasteiger partial charge in [-0.05, 0) is 24.6 Å². The number of ether oxygens (including phenoxy) is 1. The lowest BCUT2D eigenvalue weighted by molar-refractivity contribution is -0.123. The summed E-state index contributed by atoms with van der Waals surface area (Å²) in [4.78, 5) is 17.6. The highest BCUT2D eigenvalue weighted by Gasteiger charge is 2.31. The quantitative estimate of drug-likeness (QED) is 0.610. The highest BCUT2D eigenvalue weighted by atomic mass is 32.2. The van der Waals surface area contributed by atoms with Crippen LogP contribution in [0.1, 0.15) is 18.5 Å². The molecule has 2 aliphatic heterocycles. The smallest absolute Gasteiger partial charge is 0.243 e. The molecule has 4 rings (SSSR count). The first-order valence-corrected chi connectivity index (χ1v) is 13.3. The molecular weight excluding hydrogens is 452 g/mol. The number of hydrogen-bond donors (Lipinski definition) is 1. The Balaban J connectivity index is 1.32. The molecule has 0 unspecified atom stereocenters. The summed E-state index contributed by atoms with van der Waals surface area (Å²) in [7, 11) is -3.50. The van der Waals surface area contributed by atoms with Gasteiger partial charge in [-0.15, -0.1) is 0 Å². The first kappa shape index (κ1) is 24.8. The molecule has 34 heavy (non-hydrogen) atoms. The standard InChI is InChI=1S/C25H34N4O4S/c1-21(25(22-8-4-2-5-9-22)28-16-18-33-19-17-28)26-24(30)20-27-12-14-29(15-13-27)34(31,32)23-10-6-3-7-11-23/h2-11,21,25H,12-20H2,1H3,(H,26,30)/t21-,25+/m1/s1. The van der Waals surface area contributed by atoms with Gasteiger partial charge in [-0.1, -0.05) is 48.5 Å². The summed E-state index contributed by atoms with van der Waals surface area (Å²) >= 11 is 0. The van der Waals surface area contributed by atoms with Gasteiger partial charge in [0.15, 0.2) is 0 Å². The molecule has 8 nitrogen and oxygen atoms in total. The first-order valence-electron chi connectivity index (χ1n) is 11.9. The van der Waals surface area contributed by atoms with E-state index >= 15 is 0 Å². The van der Waals surface area contributed by atoms with E-state index in [-0.39, 0.29) is 24.5 Å². The van der Waals surface area contributed by atoms with E-state index in [4.69, 9.17) is 4.74 Å². The van der Waals surface area contributed by atoms with Crippen molar-refractivity contribution in [3.63, 3.8) is 0 Å². The number of amides is 1. The molecule has 9 heteroatoms. The SMILES string of the molecule is C[C@@H](NC(=O)CN1CCN(S(=O)(=O)c2ccccc2)CC1)[C@@H](c1ccccc1)N1CCOCC1. The molecule has 0 spiro atoms. The van der Waals surface area contributed by atoms with Crippen molar-refractivity contribution in [2.75, 3.05) is 59.0 Å². The lowest BCUT2D eigenvalue weighted by Gasteiger charge is -2.39. The third-order valence-corrected chi connectivity index (χ3v) is 8.43. The van der Waals surface area contributed by atoms with E-state index in [1.165, 1.54) is 9.87 Å². The second-order valence-corrected chi connectivity index (χ2v) is 10.8. The topological polar surface area (TPSA) is 82.2 Å². The summed E-state index contributed by atoms with van der Waals surface area (Å²) in [5, 5.41) is 3.20. The van der Waals surface area contributed by atoms with Crippen LogP contribution in [0, 0.1) is 0 Å². The van der Waals surface area contributed by atoms with Gasteiger partial charge < -0.3 is 10.1 Å². The molecule has 2 fully saturated rings. The Hall–Kier alpha value is -2.30. The monoisotopic (exact) mass is 486 g/mol. The molecule has 0 aliphatic carbocycles. The molecule has 2 atom stereocenters. The minimum Gasteiger partial charge on any atom is -0.379 e. The molecule has 2 aromatic carbocycles. The van der Waals surface area contributed by atoms with E-state index in [0.29, 0.717) is 44.3 Å². The lowest BCUT2D eigenvalue weighted by atomic mass is 9.98. The van der Waals surface area contributed by atoms with E-state index in [2.05, 4.69) is 29.3 Å². The van der Waals surface area contributed by atoms with Crippen LogP contribution < -0.4 is 5.32 Å². The second-order valence-electron chi connectivity index (χ2n) is 8.85. The Bertz CT molecular complexity index is 1020. The van der Waals surface area contributed by atoms with Gasteiger partial charge in [0.1, 0.15) is 0 Å². The summed E-state index contributed by atoms with van der Waals surface area (Å²) in [6.45, 7) is 7.17. The zero-order valence-corrected chi connectivity index (χ0v) is 20.5. The maximum Gasteiger partial charge on any atom is 0.243 e. The van der Waals surface area contributed by atoms with Crippen LogP contribution in [0.5, 0.6) is 0 Å². The van der Waals surface area contributed by atoms with Crippen molar-refractivity contribution >= 4 is 15.9 Å². The highest BCUT2D eigenvalue weighted by molar-refractivity contribution is 7.89. The summed E-state index contributed by atoms with van der Waals surface area (Å²) in [6, 6.07) is 18.8. The molecule has 2 heterocycles. The van der Waals surface area contributed by atoms with Crippen LogP contribution in [0.25, 0.3) is 0 Å². The number of sulfonamides is 1. The normalized spacial score (nSPS) is 20.5. The van der Waals surface area contributed by atoms with Crippen molar-refractivity contribution in [1.82, 2.24) is 19.4 Å². The number of carbonyl (C=O) groups is 1. The Morgan fingerprint density at radius 1 is 0.912 bits per heavy atom. The van der Waals surface area contributed by atoms with E-state index in [9.17, 15) is 13.2 Å². The predicted molar refractivity (Wildman–Crippen MR) is 131 cm³/mol. The van der Waals surface area contributed by atoms with Crippen molar-refractivity contribution in [2.24, 2.45) is 0 Å². The molecule has 1 N–H and O–H groups in total. The molecule has 2 saturated heterocycles. The predicted octanol–water partition coefficient (Wildman–Crippen LogP) is 1.57. The van der Waals surface area contributed by atoms with Crippen molar-refractivity contribution in [3.05, 3.63) is 66.2 Å². The van der Waals surface area contributed by atoms with Crippen LogP contribution in [0.3, 0.4) is 0 Å². The Labute approximate surface area is 202 Å². The maximum atomic E-state index is 12.9. The number of carbonyl (C=O) groups excluding carboxylic acids is 1. The Kier molecular flexibility index (Phi) is 8.33. The lowest BCUT2D eigenvalue weighted by Crippen LogP contribution is -2.53. The van der Waals surface area contributed by atoms with Gasteiger partial charge in [0.05, 0.1) is 30.7 Å². The van der Waals surface area contributed by atoms with E-state index in [0.717, 1.165) is 13.1 Å². The number of nitrogens with one attached hydrogen (secondary N) is 1. The first-order chi connectivity index (χ1) is 16.4. The molecule has 1 amide bonds. The molecule has 0 saturated carbocycles. The molecule has 184 valence electrons. The second kappa shape index (κ2) is 11.4. The van der Waals surface area contributed by atoms with Crippen LogP contribution in [-0.2, 0) is 19.6 Å². The van der Waals surface area contributed by atoms with Gasteiger partial charge in [-0.3, -0.25) is 14.6 Å². The number of piperazine rings is 1. The fourth-order valence-corrected chi connectivity index (χ4v) is 6.22. The average Bonchev–Trinajstić information content (AvgIpc) is 2.86. The largest absolute Gasteiger partial charge is 0.379 e. The van der Waals surface area contributed by atoms with Crippen molar-refractivity contribution in [3.8, 4) is 0 Å². The van der Waals surface area contributed by atoms with Crippen LogP contribution in [0.2, 0.25) is 0 Å². The number of hydrogen-bond acceptors (Lipinski definition) is 6. The van der Waals surface area contributed by atoms with Crippen LogP contribution in [0.4, 0.5) is 0 Å². The number of benzene rings is 2. The van der Waals surface area contributed by atoms with Gasteiger partial charge in [0.25, 0.3) is 0 Å². The van der Waals surface area contributed by atoms with E-state index in [1.807, 2.05) is 23.1 Å². The van der Waals surface area contributed by atoms with E-state index in [1.54, 1.807) is 30.3 Å². The third-order valence-electron chi connectivity index (χ3n) is 6.52. The fourth-order valence-electron chi connectivity index (χ4n) is 4.77. The number of rotatable bonds is 8. The fraction of sp³-hybridized carbons (Fsp3) is 0.480. The van der Waals surface area contributed by atoms with Crippen LogP contribution in [-0.4, -0.2) is 93.5 Å². The van der Waals surface area contributed by atoms with Gasteiger partial charge in [0, 0.05) is 45.3 Å². The van der Waals surface area contributed by atoms with Gasteiger partial charge in [-0.2, -0.15) is 4.31 Å². The van der Waals surface area contributed by atoms with Gasteiger partial charge in [-0.25, -0.2) is 8.42 Å². The molecule has 2 aliphatic rings. The Morgan fingerprint density at radius 3 is 2.12 bits per heavy atom. The number of morpholine rings is 1. The van der Waals surface area contributed by atoms with Crippen LogP contribution in [0.15, 0.2) is 65.6 Å². The molecule has 2 aromatic rings. The average molecular weight is 487 g/mol. The minimum atomic E-state index is -3.50. The van der Waals surface area contributed by atoms with Crippen molar-refractivity contribution < 1.29 is 17.9 Å². The number of nitrogens with zero attached hydrogens (tertiary/aromatic N) is 3. The summed E-state index contributed by atoms with van der Waals surface area (Å²) in [5.74, 6) is -0.0407. The molecule has 0 aromatic heterocycles. The van der Waals surface area contributed by atoms with Crippen molar-refractivity contribution in [2.45, 2.75) is 23.9 Å². The molecule has 0 bridgehead atoms. The van der Waals surface area contributed by atoms with Gasteiger partial charge >= 0.3 is 0 Å². The summed E-state index contributed by atoms with van der Waals surface area (Å²) < 4.78 is 32.7. The van der Waals surface area contributed by atoms with Gasteiger partial charge in [0.2, 0.25) is 15.9 Å². The maximum absolute atomic E-state index is 12.9. The third kappa shape index (κ3) is 6.03. The molecule has 0 radical (unpaired) electrons. The van der Waals surface area contributed by atoms with E-state index < -0.39 is 10.0 Å². The van der Waals surface area contributed by atoms with Crippen molar-refractivity contribution in [1.29, 1.82) is 0 Å². The molecular formula is C25H34N4O4S. The zero-order chi connectivity index (χ0) is 24.0. The summed E-state index contributed by atoms with van der Waals surface area (Å²) in [5.41, 5.74) is 1.18.